The number of anilines is 1. The largest absolute Gasteiger partial charge is 0.481 e. The fourth-order valence-electron chi connectivity index (χ4n) is 2.31. The average molecular weight is 307 g/mol. The maximum atomic E-state index is 11.6. The molecule has 2 heterocycles. The minimum absolute atomic E-state index is 0.168. The third-order valence-electron chi connectivity index (χ3n) is 3.55. The van der Waals surface area contributed by atoms with E-state index >= 15 is 0 Å². The van der Waals surface area contributed by atoms with Gasteiger partial charge in [-0.25, -0.2) is 9.97 Å². The predicted octanol–water partition coefficient (Wildman–Crippen LogP) is -0.177. The van der Waals surface area contributed by atoms with E-state index in [1.54, 1.807) is 6.20 Å². The first-order valence-corrected chi connectivity index (χ1v) is 7.39. The second-order valence-corrected chi connectivity index (χ2v) is 5.09. The zero-order valence-electron chi connectivity index (χ0n) is 12.7. The molecule has 1 aliphatic rings. The summed E-state index contributed by atoms with van der Waals surface area (Å²) in [7, 11) is 0. The van der Waals surface area contributed by atoms with Crippen LogP contribution in [0.3, 0.4) is 0 Å². The summed E-state index contributed by atoms with van der Waals surface area (Å²) < 4.78 is 0. The quantitative estimate of drug-likeness (QED) is 0.752. The molecule has 0 radical (unpaired) electrons. The normalized spacial score (nSPS) is 15.6. The van der Waals surface area contributed by atoms with E-state index in [0.717, 1.165) is 32.0 Å². The second kappa shape index (κ2) is 7.69. The van der Waals surface area contributed by atoms with Crippen LogP contribution in [0.1, 0.15) is 23.8 Å². The van der Waals surface area contributed by atoms with Crippen LogP contribution < -0.4 is 10.2 Å². The average Bonchev–Trinajstić information content (AvgIpc) is 2.54. The molecule has 1 amide bonds. The highest BCUT2D eigenvalue weighted by Crippen LogP contribution is 2.12. The summed E-state index contributed by atoms with van der Waals surface area (Å²) in [5.74, 6) is -0.250. The van der Waals surface area contributed by atoms with Crippen LogP contribution in [0.4, 0.5) is 5.82 Å². The molecule has 2 N–H and O–H groups in total. The van der Waals surface area contributed by atoms with Gasteiger partial charge in [-0.2, -0.15) is 0 Å². The summed E-state index contributed by atoms with van der Waals surface area (Å²) in [4.78, 5) is 34.8. The lowest BCUT2D eigenvalue weighted by Gasteiger charge is -2.34. The highest BCUT2D eigenvalue weighted by Gasteiger charge is 2.19. The molecule has 2 rings (SSSR count). The molecule has 0 atom stereocenters. The van der Waals surface area contributed by atoms with E-state index in [-0.39, 0.29) is 12.3 Å². The van der Waals surface area contributed by atoms with Gasteiger partial charge >= 0.3 is 5.97 Å². The van der Waals surface area contributed by atoms with Crippen molar-refractivity contribution < 1.29 is 14.7 Å². The van der Waals surface area contributed by atoms with Crippen LogP contribution in [0.15, 0.2) is 12.4 Å². The van der Waals surface area contributed by atoms with Crippen molar-refractivity contribution in [2.24, 2.45) is 0 Å². The molecule has 120 valence electrons. The van der Waals surface area contributed by atoms with E-state index in [4.69, 9.17) is 5.11 Å². The molecule has 1 fully saturated rings. The Morgan fingerprint density at radius 1 is 1.23 bits per heavy atom. The number of rotatable bonds is 6. The number of aliphatic carboxylic acids is 1. The van der Waals surface area contributed by atoms with Gasteiger partial charge in [-0.15, -0.1) is 0 Å². The number of hydrogen-bond donors (Lipinski definition) is 2. The Morgan fingerprint density at radius 2 is 1.95 bits per heavy atom. The number of nitrogens with one attached hydrogen (secondary N) is 1. The van der Waals surface area contributed by atoms with E-state index in [9.17, 15) is 9.59 Å². The van der Waals surface area contributed by atoms with Gasteiger partial charge in [0.25, 0.3) is 5.91 Å². The van der Waals surface area contributed by atoms with E-state index in [2.05, 4.69) is 25.1 Å². The molecule has 1 saturated heterocycles. The number of carboxylic acids is 1. The monoisotopic (exact) mass is 307 g/mol. The first-order valence-electron chi connectivity index (χ1n) is 7.39. The van der Waals surface area contributed by atoms with Crippen molar-refractivity contribution in [3.8, 4) is 0 Å². The van der Waals surface area contributed by atoms with Crippen LogP contribution in [0.2, 0.25) is 0 Å². The Balaban J connectivity index is 1.86. The molecule has 0 aromatic carbocycles. The van der Waals surface area contributed by atoms with E-state index in [1.165, 1.54) is 6.20 Å². The molecule has 0 bridgehead atoms. The molecule has 8 nitrogen and oxygen atoms in total. The number of piperazine rings is 1. The van der Waals surface area contributed by atoms with E-state index < -0.39 is 5.97 Å². The van der Waals surface area contributed by atoms with Gasteiger partial charge in [-0.1, -0.05) is 0 Å². The highest BCUT2D eigenvalue weighted by atomic mass is 16.4. The van der Waals surface area contributed by atoms with Crippen molar-refractivity contribution in [3.63, 3.8) is 0 Å². The van der Waals surface area contributed by atoms with Crippen molar-refractivity contribution >= 4 is 17.7 Å². The van der Waals surface area contributed by atoms with Gasteiger partial charge < -0.3 is 15.3 Å². The lowest BCUT2D eigenvalue weighted by atomic mass is 10.3. The molecular weight excluding hydrogens is 286 g/mol. The first kappa shape index (κ1) is 16.2. The number of carboxylic acid groups (broad SMARTS) is 1. The Morgan fingerprint density at radius 3 is 2.50 bits per heavy atom. The number of hydrogen-bond acceptors (Lipinski definition) is 6. The van der Waals surface area contributed by atoms with Crippen molar-refractivity contribution in [1.29, 1.82) is 0 Å². The van der Waals surface area contributed by atoms with Crippen molar-refractivity contribution in [3.05, 3.63) is 18.1 Å². The van der Waals surface area contributed by atoms with Gasteiger partial charge in [0, 0.05) is 39.3 Å². The van der Waals surface area contributed by atoms with E-state index in [1.807, 2.05) is 6.92 Å². The number of aromatic nitrogens is 2. The molecule has 0 saturated carbocycles. The molecule has 1 aliphatic heterocycles. The van der Waals surface area contributed by atoms with Crippen LogP contribution in [-0.2, 0) is 4.79 Å². The van der Waals surface area contributed by atoms with Crippen molar-refractivity contribution in [1.82, 2.24) is 20.2 Å². The Hall–Kier alpha value is -2.22. The van der Waals surface area contributed by atoms with Gasteiger partial charge in [0.2, 0.25) is 0 Å². The topological polar surface area (TPSA) is 98.7 Å². The van der Waals surface area contributed by atoms with Crippen LogP contribution in [0.5, 0.6) is 0 Å². The smallest absolute Gasteiger partial charge is 0.304 e. The SMILES string of the molecule is CCNC(=O)c1cnc(N2CCN(CCC(=O)O)CC2)cn1. The number of amides is 1. The summed E-state index contributed by atoms with van der Waals surface area (Å²) in [6.07, 6.45) is 3.26. The fraction of sp³-hybridized carbons (Fsp3) is 0.571. The molecule has 0 aliphatic carbocycles. The zero-order valence-corrected chi connectivity index (χ0v) is 12.7. The van der Waals surface area contributed by atoms with Crippen LogP contribution in [-0.4, -0.2) is 71.1 Å². The molecule has 0 unspecified atom stereocenters. The summed E-state index contributed by atoms with van der Waals surface area (Å²) >= 11 is 0. The van der Waals surface area contributed by atoms with Gasteiger partial charge in [-0.05, 0) is 6.92 Å². The molecule has 8 heteroatoms. The molecule has 0 spiro atoms. The number of nitrogens with zero attached hydrogens (tertiary/aromatic N) is 4. The maximum absolute atomic E-state index is 11.6. The summed E-state index contributed by atoms with van der Waals surface area (Å²) in [5, 5.41) is 11.4. The fourth-order valence-corrected chi connectivity index (χ4v) is 2.31. The molecular formula is C14H21N5O3. The van der Waals surface area contributed by atoms with Crippen molar-refractivity contribution in [2.45, 2.75) is 13.3 Å². The Bertz CT molecular complexity index is 512. The predicted molar refractivity (Wildman–Crippen MR) is 80.9 cm³/mol. The molecule has 1 aromatic heterocycles. The maximum Gasteiger partial charge on any atom is 0.304 e. The summed E-state index contributed by atoms with van der Waals surface area (Å²) in [5.41, 5.74) is 0.311. The summed E-state index contributed by atoms with van der Waals surface area (Å²) in [6, 6.07) is 0. The highest BCUT2D eigenvalue weighted by molar-refractivity contribution is 5.91. The van der Waals surface area contributed by atoms with E-state index in [0.29, 0.717) is 18.8 Å². The number of carbonyl (C=O) groups is 2. The zero-order chi connectivity index (χ0) is 15.9. The van der Waals surface area contributed by atoms with Gasteiger partial charge in [0.05, 0.1) is 18.8 Å². The van der Waals surface area contributed by atoms with Gasteiger partial charge in [-0.3, -0.25) is 14.5 Å². The minimum Gasteiger partial charge on any atom is -0.481 e. The first-order chi connectivity index (χ1) is 10.6. The van der Waals surface area contributed by atoms with Gasteiger partial charge in [0.1, 0.15) is 11.5 Å². The van der Waals surface area contributed by atoms with Crippen LogP contribution in [0.25, 0.3) is 0 Å². The van der Waals surface area contributed by atoms with Crippen LogP contribution >= 0.6 is 0 Å². The minimum atomic E-state index is -0.769. The van der Waals surface area contributed by atoms with Crippen molar-refractivity contribution in [2.75, 3.05) is 44.2 Å². The Labute approximate surface area is 129 Å². The second-order valence-electron chi connectivity index (χ2n) is 5.09. The Kier molecular flexibility index (Phi) is 5.65. The lowest BCUT2D eigenvalue weighted by Crippen LogP contribution is -2.47. The lowest BCUT2D eigenvalue weighted by molar-refractivity contribution is -0.137. The number of carbonyl (C=O) groups excluding carboxylic acids is 1. The third kappa shape index (κ3) is 4.39. The standard InChI is InChI=1S/C14H21N5O3/c1-2-15-14(22)11-9-17-12(10-16-11)19-7-5-18(6-8-19)4-3-13(20)21/h9-10H,2-8H2,1H3,(H,15,22)(H,20,21). The molecule has 22 heavy (non-hydrogen) atoms. The summed E-state index contributed by atoms with van der Waals surface area (Å²) in [6.45, 7) is 6.12. The third-order valence-corrected chi connectivity index (χ3v) is 3.55. The van der Waals surface area contributed by atoms with Gasteiger partial charge in [0.15, 0.2) is 0 Å². The molecule has 1 aromatic rings. The van der Waals surface area contributed by atoms with Crippen LogP contribution in [0, 0.1) is 0 Å².